The van der Waals surface area contributed by atoms with Crippen LogP contribution in [0.4, 0.5) is 11.4 Å². The highest BCUT2D eigenvalue weighted by molar-refractivity contribution is 5.80. The van der Waals surface area contributed by atoms with E-state index in [9.17, 15) is 14.9 Å². The van der Waals surface area contributed by atoms with Gasteiger partial charge < -0.3 is 14.7 Å². The van der Waals surface area contributed by atoms with Crippen LogP contribution in [0.15, 0.2) is 24.3 Å². The maximum atomic E-state index is 12.5. The molecule has 2 saturated heterocycles. The fraction of sp³-hybridized carbons (Fsp3) is 0.588. The van der Waals surface area contributed by atoms with Gasteiger partial charge in [0.05, 0.1) is 31.1 Å². The number of nitrogens with one attached hydrogen (secondary N) is 1. The molecular formula is C17H25N4O3+. The number of anilines is 1. The zero-order valence-corrected chi connectivity index (χ0v) is 14.1. The molecule has 0 spiro atoms. The fourth-order valence-electron chi connectivity index (χ4n) is 3.66. The normalized spacial score (nSPS) is 20.2. The maximum Gasteiger partial charge on any atom is 0.280 e. The van der Waals surface area contributed by atoms with Crippen LogP contribution in [0.3, 0.4) is 0 Å². The number of amides is 1. The lowest BCUT2D eigenvalue weighted by Crippen LogP contribution is -3.19. The summed E-state index contributed by atoms with van der Waals surface area (Å²) in [6.07, 6.45) is 2.25. The second-order valence-electron chi connectivity index (χ2n) is 6.67. The van der Waals surface area contributed by atoms with Crippen LogP contribution in [0.2, 0.25) is 0 Å². The Labute approximate surface area is 142 Å². The zero-order chi connectivity index (χ0) is 17.1. The molecular weight excluding hydrogens is 308 g/mol. The molecule has 2 heterocycles. The van der Waals surface area contributed by atoms with Gasteiger partial charge in [-0.05, 0) is 31.9 Å². The summed E-state index contributed by atoms with van der Waals surface area (Å²) in [5, 5.41) is 10.7. The Balaban J connectivity index is 1.55. The van der Waals surface area contributed by atoms with E-state index >= 15 is 0 Å². The van der Waals surface area contributed by atoms with Crippen molar-refractivity contribution in [3.63, 3.8) is 0 Å². The molecule has 1 aromatic carbocycles. The van der Waals surface area contributed by atoms with Crippen LogP contribution in [-0.4, -0.2) is 61.0 Å². The second kappa shape index (κ2) is 7.17. The standard InChI is InChI=1S/C17H24N4O3/c1-14(17(22)20-8-2-3-9-20)18-10-12-19(13-11-18)15-4-6-16(7-5-15)21(23)24/h4-7,14H,2-3,8-13H2,1H3/p+1/t14-/m0/s1. The summed E-state index contributed by atoms with van der Waals surface area (Å²) in [5.41, 5.74) is 1.13. The summed E-state index contributed by atoms with van der Waals surface area (Å²) in [7, 11) is 0. The third-order valence-corrected chi connectivity index (χ3v) is 5.23. The molecule has 1 aromatic rings. The lowest BCUT2D eigenvalue weighted by molar-refractivity contribution is -0.915. The van der Waals surface area contributed by atoms with E-state index in [1.807, 2.05) is 24.0 Å². The predicted octanol–water partition coefficient (Wildman–Crippen LogP) is 0.311. The number of piperazine rings is 1. The van der Waals surface area contributed by atoms with Crippen molar-refractivity contribution < 1.29 is 14.6 Å². The van der Waals surface area contributed by atoms with E-state index in [4.69, 9.17) is 0 Å². The van der Waals surface area contributed by atoms with E-state index in [1.165, 1.54) is 4.90 Å². The second-order valence-corrected chi connectivity index (χ2v) is 6.67. The van der Waals surface area contributed by atoms with Gasteiger partial charge in [-0.15, -0.1) is 0 Å². The highest BCUT2D eigenvalue weighted by atomic mass is 16.6. The number of quaternary nitrogens is 1. The van der Waals surface area contributed by atoms with Gasteiger partial charge in [0.1, 0.15) is 0 Å². The van der Waals surface area contributed by atoms with E-state index in [1.54, 1.807) is 12.1 Å². The third-order valence-electron chi connectivity index (χ3n) is 5.23. The number of nitro groups is 1. The van der Waals surface area contributed by atoms with Gasteiger partial charge in [-0.1, -0.05) is 0 Å². The number of hydrogen-bond donors (Lipinski definition) is 1. The van der Waals surface area contributed by atoms with Crippen molar-refractivity contribution in [3.8, 4) is 0 Å². The topological polar surface area (TPSA) is 71.1 Å². The quantitative estimate of drug-likeness (QED) is 0.636. The first kappa shape index (κ1) is 16.7. The molecule has 1 N–H and O–H groups in total. The van der Waals surface area contributed by atoms with Crippen LogP contribution >= 0.6 is 0 Å². The molecule has 3 rings (SSSR count). The van der Waals surface area contributed by atoms with Crippen molar-refractivity contribution in [2.75, 3.05) is 44.2 Å². The Kier molecular flexibility index (Phi) is 4.99. The SMILES string of the molecule is C[C@@H](C(=O)N1CCCC1)[NH+]1CCN(c2ccc([N+](=O)[O-])cc2)CC1. The van der Waals surface area contributed by atoms with E-state index in [0.717, 1.165) is 57.8 Å². The first-order valence-corrected chi connectivity index (χ1v) is 8.69. The Morgan fingerprint density at radius 3 is 2.25 bits per heavy atom. The molecule has 0 unspecified atom stereocenters. The molecule has 2 fully saturated rings. The van der Waals surface area contributed by atoms with Crippen LogP contribution in [0.1, 0.15) is 19.8 Å². The van der Waals surface area contributed by atoms with Crippen LogP contribution in [0, 0.1) is 10.1 Å². The smallest absolute Gasteiger partial charge is 0.280 e. The number of carbonyl (C=O) groups is 1. The van der Waals surface area contributed by atoms with Gasteiger partial charge in [-0.2, -0.15) is 0 Å². The average Bonchev–Trinajstić information content (AvgIpc) is 3.15. The molecule has 0 saturated carbocycles. The van der Waals surface area contributed by atoms with E-state index in [-0.39, 0.29) is 22.6 Å². The van der Waals surface area contributed by atoms with Crippen molar-refractivity contribution in [1.29, 1.82) is 0 Å². The van der Waals surface area contributed by atoms with Crippen LogP contribution < -0.4 is 9.80 Å². The first-order valence-electron chi connectivity index (χ1n) is 8.69. The number of nitrogens with zero attached hydrogens (tertiary/aromatic N) is 3. The van der Waals surface area contributed by atoms with Gasteiger partial charge in [-0.25, -0.2) is 0 Å². The van der Waals surface area contributed by atoms with Crippen molar-refractivity contribution in [2.45, 2.75) is 25.8 Å². The van der Waals surface area contributed by atoms with Gasteiger partial charge in [0.25, 0.3) is 11.6 Å². The average molecular weight is 333 g/mol. The third kappa shape index (κ3) is 3.51. The summed E-state index contributed by atoms with van der Waals surface area (Å²) in [4.78, 5) is 28.5. The molecule has 0 aliphatic carbocycles. The number of hydrogen-bond acceptors (Lipinski definition) is 4. The molecule has 7 nitrogen and oxygen atoms in total. The minimum absolute atomic E-state index is 0.0158. The van der Waals surface area contributed by atoms with Crippen molar-refractivity contribution in [2.24, 2.45) is 0 Å². The van der Waals surface area contributed by atoms with Crippen molar-refractivity contribution >= 4 is 17.3 Å². The molecule has 2 aliphatic heterocycles. The van der Waals surface area contributed by atoms with Gasteiger partial charge in [0.2, 0.25) is 0 Å². The number of non-ortho nitro benzene ring substituents is 1. The minimum atomic E-state index is -0.377. The molecule has 0 aromatic heterocycles. The molecule has 0 bridgehead atoms. The van der Waals surface area contributed by atoms with Gasteiger partial charge in [0, 0.05) is 30.9 Å². The molecule has 7 heteroatoms. The van der Waals surface area contributed by atoms with Crippen molar-refractivity contribution in [1.82, 2.24) is 4.90 Å². The number of carbonyl (C=O) groups excluding carboxylic acids is 1. The number of rotatable bonds is 4. The monoisotopic (exact) mass is 333 g/mol. The Morgan fingerprint density at radius 2 is 1.71 bits per heavy atom. The fourth-order valence-corrected chi connectivity index (χ4v) is 3.66. The molecule has 24 heavy (non-hydrogen) atoms. The summed E-state index contributed by atoms with van der Waals surface area (Å²) in [6, 6.07) is 6.73. The number of likely N-dealkylation sites (tertiary alicyclic amines) is 1. The summed E-state index contributed by atoms with van der Waals surface area (Å²) in [6.45, 7) is 7.42. The molecule has 0 radical (unpaired) electrons. The lowest BCUT2D eigenvalue weighted by atomic mass is 10.2. The molecule has 1 amide bonds. The largest absolute Gasteiger partial charge is 0.360 e. The van der Waals surface area contributed by atoms with Gasteiger partial charge >= 0.3 is 0 Å². The van der Waals surface area contributed by atoms with Crippen molar-refractivity contribution in [3.05, 3.63) is 34.4 Å². The lowest BCUT2D eigenvalue weighted by Gasteiger charge is -2.36. The van der Waals surface area contributed by atoms with E-state index in [2.05, 4.69) is 4.90 Å². The highest BCUT2D eigenvalue weighted by Crippen LogP contribution is 2.19. The number of nitro benzene ring substituents is 1. The summed E-state index contributed by atoms with van der Waals surface area (Å²) >= 11 is 0. The van der Waals surface area contributed by atoms with Gasteiger partial charge in [-0.3, -0.25) is 14.9 Å². The van der Waals surface area contributed by atoms with Crippen LogP contribution in [0.5, 0.6) is 0 Å². The molecule has 2 aliphatic rings. The maximum absolute atomic E-state index is 12.5. The van der Waals surface area contributed by atoms with E-state index in [0.29, 0.717) is 0 Å². The molecule has 130 valence electrons. The van der Waals surface area contributed by atoms with Gasteiger partial charge in [0.15, 0.2) is 6.04 Å². The zero-order valence-electron chi connectivity index (χ0n) is 14.1. The first-order chi connectivity index (χ1) is 11.6. The highest BCUT2D eigenvalue weighted by Gasteiger charge is 2.33. The summed E-state index contributed by atoms with van der Waals surface area (Å²) in [5.74, 6) is 0.284. The number of benzene rings is 1. The Morgan fingerprint density at radius 1 is 1.12 bits per heavy atom. The predicted molar refractivity (Wildman–Crippen MR) is 91.3 cm³/mol. The Bertz CT molecular complexity index is 590. The molecule has 1 atom stereocenters. The Hall–Kier alpha value is -2.15. The summed E-state index contributed by atoms with van der Waals surface area (Å²) < 4.78 is 0. The van der Waals surface area contributed by atoms with Crippen LogP contribution in [0.25, 0.3) is 0 Å². The van der Waals surface area contributed by atoms with Crippen LogP contribution in [-0.2, 0) is 4.79 Å². The van der Waals surface area contributed by atoms with E-state index < -0.39 is 0 Å². The minimum Gasteiger partial charge on any atom is -0.360 e.